The summed E-state index contributed by atoms with van der Waals surface area (Å²) in [7, 11) is 1.83. The van der Waals surface area contributed by atoms with Crippen LogP contribution in [0.3, 0.4) is 0 Å². The first-order chi connectivity index (χ1) is 14.6. The molecule has 3 rings (SSSR count). The van der Waals surface area contributed by atoms with E-state index in [1.165, 1.54) is 11.1 Å². The standard InChI is InChI=1S/C24H40N4O2.HI/c1-24(2,28-13-9-21-7-4-5-8-22(21)17-28)19-27-23(25-3)26-12-6-14-30-18-20-10-15-29-16-11-20;/h4-5,7-8,20H,6,9-19H2,1-3H3,(H2,25,26,27);1H. The molecule has 1 aromatic rings. The molecular weight excluding hydrogens is 503 g/mol. The Hall–Kier alpha value is -0.900. The highest BCUT2D eigenvalue weighted by Crippen LogP contribution is 2.24. The van der Waals surface area contributed by atoms with Crippen molar-refractivity contribution in [2.45, 2.75) is 51.6 Å². The lowest BCUT2D eigenvalue weighted by Gasteiger charge is -2.42. The van der Waals surface area contributed by atoms with Crippen LogP contribution < -0.4 is 10.6 Å². The topological polar surface area (TPSA) is 58.1 Å². The second-order valence-corrected chi connectivity index (χ2v) is 9.09. The second kappa shape index (κ2) is 13.6. The normalized spacial score (nSPS) is 18.2. The minimum absolute atomic E-state index is 0. The number of ether oxygens (including phenoxy) is 2. The van der Waals surface area contributed by atoms with Crippen LogP contribution in [0.25, 0.3) is 0 Å². The van der Waals surface area contributed by atoms with Crippen LogP contribution in [0.5, 0.6) is 0 Å². The van der Waals surface area contributed by atoms with Crippen molar-refractivity contribution in [3.63, 3.8) is 0 Å². The van der Waals surface area contributed by atoms with Crippen LogP contribution in [0, 0.1) is 5.92 Å². The fourth-order valence-corrected chi connectivity index (χ4v) is 4.19. The molecule has 1 saturated heterocycles. The maximum atomic E-state index is 5.85. The minimum Gasteiger partial charge on any atom is -0.381 e. The highest BCUT2D eigenvalue weighted by Gasteiger charge is 2.29. The third-order valence-corrected chi connectivity index (χ3v) is 6.35. The summed E-state index contributed by atoms with van der Waals surface area (Å²) in [5, 5.41) is 6.94. The number of hydrogen-bond acceptors (Lipinski definition) is 4. The summed E-state index contributed by atoms with van der Waals surface area (Å²) in [5.74, 6) is 1.54. The second-order valence-electron chi connectivity index (χ2n) is 9.09. The molecule has 0 saturated carbocycles. The van der Waals surface area contributed by atoms with Gasteiger partial charge in [-0.1, -0.05) is 24.3 Å². The van der Waals surface area contributed by atoms with E-state index in [2.05, 4.69) is 58.6 Å². The van der Waals surface area contributed by atoms with Crippen LogP contribution in [-0.4, -0.2) is 69.5 Å². The van der Waals surface area contributed by atoms with Gasteiger partial charge in [-0.2, -0.15) is 0 Å². The van der Waals surface area contributed by atoms with Crippen LogP contribution in [0.4, 0.5) is 0 Å². The molecule has 2 aliphatic rings. The Morgan fingerprint density at radius 1 is 1.19 bits per heavy atom. The van der Waals surface area contributed by atoms with Gasteiger partial charge < -0.3 is 20.1 Å². The fraction of sp³-hybridized carbons (Fsp3) is 0.708. The predicted molar refractivity (Wildman–Crippen MR) is 138 cm³/mol. The Labute approximate surface area is 205 Å². The molecular formula is C24H41IN4O2. The summed E-state index contributed by atoms with van der Waals surface area (Å²) in [6.45, 7) is 11.9. The van der Waals surface area contributed by atoms with Gasteiger partial charge in [-0.25, -0.2) is 0 Å². The number of aliphatic imine (C=N–C) groups is 1. The van der Waals surface area contributed by atoms with Gasteiger partial charge in [-0.05, 0) is 56.6 Å². The zero-order chi connectivity index (χ0) is 21.2. The molecule has 0 aromatic heterocycles. The minimum atomic E-state index is 0. The summed E-state index contributed by atoms with van der Waals surface area (Å²) in [6.07, 6.45) is 4.37. The average Bonchev–Trinajstić information content (AvgIpc) is 2.78. The van der Waals surface area contributed by atoms with Crippen molar-refractivity contribution in [3.8, 4) is 0 Å². The molecule has 1 fully saturated rings. The molecule has 0 amide bonds. The van der Waals surface area contributed by atoms with E-state index >= 15 is 0 Å². The van der Waals surface area contributed by atoms with Crippen molar-refractivity contribution >= 4 is 29.9 Å². The molecule has 0 radical (unpaired) electrons. The van der Waals surface area contributed by atoms with Crippen molar-refractivity contribution in [2.75, 3.05) is 53.1 Å². The van der Waals surface area contributed by atoms with E-state index in [1.807, 2.05) is 7.05 Å². The first-order valence-electron chi connectivity index (χ1n) is 11.5. The van der Waals surface area contributed by atoms with Crippen LogP contribution in [-0.2, 0) is 22.4 Å². The number of halogens is 1. The molecule has 2 N–H and O–H groups in total. The van der Waals surface area contributed by atoms with Crippen LogP contribution >= 0.6 is 24.0 Å². The highest BCUT2D eigenvalue weighted by atomic mass is 127. The van der Waals surface area contributed by atoms with Gasteiger partial charge in [-0.15, -0.1) is 24.0 Å². The SMILES string of the molecule is CN=C(NCCCOCC1CCOCC1)NCC(C)(C)N1CCc2ccccc2C1.I. The van der Waals surface area contributed by atoms with E-state index in [0.717, 1.165) is 84.2 Å². The van der Waals surface area contributed by atoms with Crippen molar-refractivity contribution < 1.29 is 9.47 Å². The van der Waals surface area contributed by atoms with Gasteiger partial charge >= 0.3 is 0 Å². The van der Waals surface area contributed by atoms with Crippen LogP contribution in [0.15, 0.2) is 29.3 Å². The van der Waals surface area contributed by atoms with E-state index in [9.17, 15) is 0 Å². The number of hydrogen-bond donors (Lipinski definition) is 2. The number of rotatable bonds is 9. The third-order valence-electron chi connectivity index (χ3n) is 6.35. The van der Waals surface area contributed by atoms with Gasteiger partial charge in [0.25, 0.3) is 0 Å². The number of guanidine groups is 1. The van der Waals surface area contributed by atoms with Gasteiger partial charge in [0.05, 0.1) is 0 Å². The Kier molecular flexibility index (Phi) is 11.6. The maximum Gasteiger partial charge on any atom is 0.191 e. The number of nitrogens with one attached hydrogen (secondary N) is 2. The molecule has 0 spiro atoms. The van der Waals surface area contributed by atoms with E-state index in [1.54, 1.807) is 0 Å². The molecule has 31 heavy (non-hydrogen) atoms. The van der Waals surface area contributed by atoms with Gasteiger partial charge in [0.15, 0.2) is 5.96 Å². The van der Waals surface area contributed by atoms with Gasteiger partial charge in [-0.3, -0.25) is 9.89 Å². The number of fused-ring (bicyclic) bond motifs is 1. The Morgan fingerprint density at radius 2 is 1.94 bits per heavy atom. The first kappa shape index (κ1) is 26.4. The Morgan fingerprint density at radius 3 is 2.68 bits per heavy atom. The molecule has 1 aromatic carbocycles. The quantitative estimate of drug-likeness (QED) is 0.216. The smallest absolute Gasteiger partial charge is 0.191 e. The molecule has 0 aliphatic carbocycles. The molecule has 2 aliphatic heterocycles. The van der Waals surface area contributed by atoms with Gasteiger partial charge in [0.2, 0.25) is 0 Å². The van der Waals surface area contributed by atoms with Crippen LogP contribution in [0.2, 0.25) is 0 Å². The molecule has 0 atom stereocenters. The number of nitrogens with zero attached hydrogens (tertiary/aromatic N) is 2. The number of benzene rings is 1. The van der Waals surface area contributed by atoms with E-state index in [4.69, 9.17) is 9.47 Å². The van der Waals surface area contributed by atoms with Gasteiger partial charge in [0.1, 0.15) is 0 Å². The van der Waals surface area contributed by atoms with E-state index < -0.39 is 0 Å². The monoisotopic (exact) mass is 544 g/mol. The largest absolute Gasteiger partial charge is 0.381 e. The summed E-state index contributed by atoms with van der Waals surface area (Å²) in [6, 6.07) is 8.81. The van der Waals surface area contributed by atoms with Gasteiger partial charge in [0, 0.05) is 65.2 Å². The predicted octanol–water partition coefficient (Wildman–Crippen LogP) is 3.44. The van der Waals surface area contributed by atoms with E-state index in [-0.39, 0.29) is 29.5 Å². The van der Waals surface area contributed by atoms with Crippen molar-refractivity contribution in [1.29, 1.82) is 0 Å². The lowest BCUT2D eigenvalue weighted by atomic mass is 9.94. The van der Waals surface area contributed by atoms with Crippen LogP contribution in [0.1, 0.15) is 44.2 Å². The van der Waals surface area contributed by atoms with E-state index in [0.29, 0.717) is 5.92 Å². The molecule has 7 heteroatoms. The van der Waals surface area contributed by atoms with Crippen molar-refractivity contribution in [3.05, 3.63) is 35.4 Å². The lowest BCUT2D eigenvalue weighted by molar-refractivity contribution is 0.0203. The van der Waals surface area contributed by atoms with Crippen molar-refractivity contribution in [1.82, 2.24) is 15.5 Å². The zero-order valence-electron chi connectivity index (χ0n) is 19.5. The maximum absolute atomic E-state index is 5.85. The molecule has 176 valence electrons. The fourth-order valence-electron chi connectivity index (χ4n) is 4.19. The average molecular weight is 545 g/mol. The Balaban J connectivity index is 0.00000341. The lowest BCUT2D eigenvalue weighted by Crippen LogP contribution is -2.54. The molecule has 2 heterocycles. The Bertz CT molecular complexity index is 677. The summed E-state index contributed by atoms with van der Waals surface area (Å²) in [4.78, 5) is 6.95. The molecule has 0 unspecified atom stereocenters. The molecule has 0 bridgehead atoms. The first-order valence-corrected chi connectivity index (χ1v) is 11.5. The highest BCUT2D eigenvalue weighted by molar-refractivity contribution is 14.0. The summed E-state index contributed by atoms with van der Waals surface area (Å²) >= 11 is 0. The molecule has 6 nitrogen and oxygen atoms in total. The summed E-state index contributed by atoms with van der Waals surface area (Å²) in [5.41, 5.74) is 3.01. The summed E-state index contributed by atoms with van der Waals surface area (Å²) < 4.78 is 11.2. The zero-order valence-corrected chi connectivity index (χ0v) is 21.8. The third kappa shape index (κ3) is 8.51. The van der Waals surface area contributed by atoms with Crippen molar-refractivity contribution in [2.24, 2.45) is 10.9 Å².